The Morgan fingerprint density at radius 3 is 2.29 bits per heavy atom. The number of carbonyl (C=O) groups is 1. The van der Waals surface area contributed by atoms with E-state index in [0.29, 0.717) is 42.6 Å². The highest BCUT2D eigenvalue weighted by Gasteiger charge is 2.28. The van der Waals surface area contributed by atoms with E-state index >= 15 is 0 Å². The Balaban J connectivity index is 1.57. The molecule has 150 valence electrons. The zero-order valence-electron chi connectivity index (χ0n) is 15.9. The molecule has 0 atom stereocenters. The molecule has 0 spiro atoms. The van der Waals surface area contributed by atoms with Crippen LogP contribution in [0.2, 0.25) is 5.02 Å². The summed E-state index contributed by atoms with van der Waals surface area (Å²) < 4.78 is 27.0. The van der Waals surface area contributed by atoms with Gasteiger partial charge in [0.2, 0.25) is 10.0 Å². The smallest absolute Gasteiger partial charge is 0.251 e. The average Bonchev–Trinajstić information content (AvgIpc) is 2.70. The first kappa shape index (κ1) is 20.8. The molecule has 0 unspecified atom stereocenters. The van der Waals surface area contributed by atoms with E-state index in [2.05, 4.69) is 12.2 Å². The van der Waals surface area contributed by atoms with E-state index in [1.807, 2.05) is 24.3 Å². The van der Waals surface area contributed by atoms with Crippen molar-refractivity contribution in [2.45, 2.75) is 31.1 Å². The average molecular weight is 421 g/mol. The van der Waals surface area contributed by atoms with Gasteiger partial charge in [-0.15, -0.1) is 0 Å². The van der Waals surface area contributed by atoms with Crippen molar-refractivity contribution < 1.29 is 13.2 Å². The third kappa shape index (κ3) is 5.13. The molecule has 3 rings (SSSR count). The maximum absolute atomic E-state index is 12.7. The van der Waals surface area contributed by atoms with E-state index in [4.69, 9.17) is 11.6 Å². The topological polar surface area (TPSA) is 66.5 Å². The lowest BCUT2D eigenvalue weighted by Crippen LogP contribution is -2.37. The quantitative estimate of drug-likeness (QED) is 0.774. The highest BCUT2D eigenvalue weighted by Crippen LogP contribution is 2.23. The van der Waals surface area contributed by atoms with Crippen LogP contribution in [-0.4, -0.2) is 38.3 Å². The lowest BCUT2D eigenvalue weighted by Gasteiger charge is -2.29. The number of benzene rings is 2. The van der Waals surface area contributed by atoms with Crippen LogP contribution in [0.1, 0.15) is 35.7 Å². The van der Waals surface area contributed by atoms with Gasteiger partial charge in [-0.05, 0) is 67.1 Å². The highest BCUT2D eigenvalue weighted by molar-refractivity contribution is 7.89. The molecule has 28 heavy (non-hydrogen) atoms. The van der Waals surface area contributed by atoms with E-state index < -0.39 is 10.0 Å². The molecule has 1 N–H and O–H groups in total. The molecule has 2 aromatic carbocycles. The van der Waals surface area contributed by atoms with Gasteiger partial charge in [0, 0.05) is 30.2 Å². The number of amides is 1. The van der Waals surface area contributed by atoms with Gasteiger partial charge >= 0.3 is 0 Å². The summed E-state index contributed by atoms with van der Waals surface area (Å²) in [6.45, 7) is 3.74. The van der Waals surface area contributed by atoms with Crippen LogP contribution in [0.15, 0.2) is 53.4 Å². The van der Waals surface area contributed by atoms with E-state index in [1.54, 1.807) is 12.1 Å². The predicted octanol–water partition coefficient (Wildman–Crippen LogP) is 3.73. The van der Waals surface area contributed by atoms with Crippen LogP contribution in [0.3, 0.4) is 0 Å². The molecular weight excluding hydrogens is 396 g/mol. The zero-order valence-corrected chi connectivity index (χ0v) is 17.5. The van der Waals surface area contributed by atoms with Gasteiger partial charge in [-0.3, -0.25) is 4.79 Å². The molecule has 2 aromatic rings. The maximum Gasteiger partial charge on any atom is 0.251 e. The number of piperidine rings is 1. The normalized spacial score (nSPS) is 16.1. The van der Waals surface area contributed by atoms with Crippen LogP contribution in [-0.2, 0) is 16.4 Å². The Kier molecular flexibility index (Phi) is 6.75. The molecule has 0 bridgehead atoms. The third-order valence-corrected chi connectivity index (χ3v) is 7.27. The van der Waals surface area contributed by atoms with Gasteiger partial charge in [0.1, 0.15) is 0 Å². The summed E-state index contributed by atoms with van der Waals surface area (Å²) in [6.07, 6.45) is 2.46. The zero-order chi connectivity index (χ0) is 20.1. The second-order valence-electron chi connectivity index (χ2n) is 7.24. The fourth-order valence-electron chi connectivity index (χ4n) is 3.23. The van der Waals surface area contributed by atoms with Crippen LogP contribution in [0.25, 0.3) is 0 Å². The van der Waals surface area contributed by atoms with Crippen LogP contribution < -0.4 is 5.32 Å². The molecule has 5 nitrogen and oxygen atoms in total. The fourth-order valence-corrected chi connectivity index (χ4v) is 4.82. The Labute approximate surface area is 171 Å². The van der Waals surface area contributed by atoms with Crippen molar-refractivity contribution in [3.63, 3.8) is 0 Å². The van der Waals surface area contributed by atoms with Gasteiger partial charge < -0.3 is 5.32 Å². The first-order chi connectivity index (χ1) is 13.4. The van der Waals surface area contributed by atoms with Crippen LogP contribution >= 0.6 is 11.6 Å². The minimum absolute atomic E-state index is 0.218. The molecular formula is C21H25ClN2O3S. The fraction of sp³-hybridized carbons (Fsp3) is 0.381. The van der Waals surface area contributed by atoms with Crippen LogP contribution in [0.4, 0.5) is 0 Å². The Morgan fingerprint density at radius 1 is 1.07 bits per heavy atom. The van der Waals surface area contributed by atoms with E-state index in [1.165, 1.54) is 16.4 Å². The van der Waals surface area contributed by atoms with Gasteiger partial charge in [0.15, 0.2) is 0 Å². The monoisotopic (exact) mass is 420 g/mol. The molecule has 1 heterocycles. The molecule has 1 amide bonds. The van der Waals surface area contributed by atoms with Gasteiger partial charge in [0.25, 0.3) is 5.91 Å². The maximum atomic E-state index is 12.7. The van der Waals surface area contributed by atoms with Crippen LogP contribution in [0.5, 0.6) is 0 Å². The predicted molar refractivity (Wildman–Crippen MR) is 111 cm³/mol. The number of halogens is 1. The summed E-state index contributed by atoms with van der Waals surface area (Å²) in [7, 11) is -3.49. The number of rotatable bonds is 6. The summed E-state index contributed by atoms with van der Waals surface area (Å²) in [4.78, 5) is 12.5. The number of carbonyl (C=O) groups excluding carboxylic acids is 1. The summed E-state index contributed by atoms with van der Waals surface area (Å²) >= 11 is 5.86. The first-order valence-corrected chi connectivity index (χ1v) is 11.3. The molecule has 0 saturated carbocycles. The van der Waals surface area contributed by atoms with E-state index in [-0.39, 0.29) is 10.8 Å². The van der Waals surface area contributed by atoms with Crippen molar-refractivity contribution in [2.75, 3.05) is 19.6 Å². The lowest BCUT2D eigenvalue weighted by molar-refractivity contribution is 0.0954. The SMILES string of the molecule is CC1CCN(S(=O)(=O)c2ccc(C(=O)NCCc3ccc(Cl)cc3)cc2)CC1. The molecule has 1 aliphatic heterocycles. The number of hydrogen-bond donors (Lipinski definition) is 1. The summed E-state index contributed by atoms with van der Waals surface area (Å²) in [5.74, 6) is 0.343. The van der Waals surface area contributed by atoms with Crippen molar-refractivity contribution in [3.05, 3.63) is 64.7 Å². The largest absolute Gasteiger partial charge is 0.352 e. The number of hydrogen-bond acceptors (Lipinski definition) is 3. The molecule has 1 fully saturated rings. The van der Waals surface area contributed by atoms with Crippen molar-refractivity contribution in [2.24, 2.45) is 5.92 Å². The molecule has 0 aliphatic carbocycles. The minimum atomic E-state index is -3.49. The van der Waals surface area contributed by atoms with Crippen molar-refractivity contribution >= 4 is 27.5 Å². The molecule has 0 radical (unpaired) electrons. The molecule has 1 saturated heterocycles. The van der Waals surface area contributed by atoms with E-state index in [0.717, 1.165) is 18.4 Å². The summed E-state index contributed by atoms with van der Waals surface area (Å²) in [5, 5.41) is 3.54. The lowest BCUT2D eigenvalue weighted by atomic mass is 10.0. The molecule has 1 aliphatic rings. The van der Waals surface area contributed by atoms with E-state index in [9.17, 15) is 13.2 Å². The van der Waals surface area contributed by atoms with Crippen molar-refractivity contribution in [1.29, 1.82) is 0 Å². The number of sulfonamides is 1. The Bertz CT molecular complexity index is 904. The Morgan fingerprint density at radius 2 is 1.68 bits per heavy atom. The van der Waals surface area contributed by atoms with Crippen molar-refractivity contribution in [3.8, 4) is 0 Å². The van der Waals surface area contributed by atoms with Crippen LogP contribution in [0, 0.1) is 5.92 Å². The summed E-state index contributed by atoms with van der Waals surface area (Å²) in [5.41, 5.74) is 1.53. The first-order valence-electron chi connectivity index (χ1n) is 9.49. The van der Waals surface area contributed by atoms with Gasteiger partial charge in [-0.1, -0.05) is 30.7 Å². The summed E-state index contributed by atoms with van der Waals surface area (Å²) in [6, 6.07) is 13.7. The van der Waals surface area contributed by atoms with Gasteiger partial charge in [-0.2, -0.15) is 4.31 Å². The second kappa shape index (κ2) is 9.07. The Hall–Kier alpha value is -1.89. The number of nitrogens with zero attached hydrogens (tertiary/aromatic N) is 1. The second-order valence-corrected chi connectivity index (χ2v) is 9.62. The number of nitrogens with one attached hydrogen (secondary N) is 1. The molecule has 7 heteroatoms. The minimum Gasteiger partial charge on any atom is -0.352 e. The van der Waals surface area contributed by atoms with Crippen molar-refractivity contribution in [1.82, 2.24) is 9.62 Å². The van der Waals surface area contributed by atoms with Gasteiger partial charge in [-0.25, -0.2) is 8.42 Å². The third-order valence-electron chi connectivity index (χ3n) is 5.11. The standard InChI is InChI=1S/C21H25ClN2O3S/c1-16-11-14-24(15-12-16)28(26,27)20-8-4-18(5-9-20)21(25)23-13-10-17-2-6-19(22)7-3-17/h2-9,16H,10-15H2,1H3,(H,23,25). The van der Waals surface area contributed by atoms with Gasteiger partial charge in [0.05, 0.1) is 4.90 Å². The highest BCUT2D eigenvalue weighted by atomic mass is 35.5. The molecule has 0 aromatic heterocycles.